The molecule has 3 heterocycles. The number of thiophene rings is 1. The largest absolute Gasteiger partial charge is 0.338 e. The molecule has 3 aromatic rings. The summed E-state index contributed by atoms with van der Waals surface area (Å²) >= 11 is 2.51. The van der Waals surface area contributed by atoms with Gasteiger partial charge in [-0.3, -0.25) is 4.79 Å². The summed E-state index contributed by atoms with van der Waals surface area (Å²) in [5.74, 6) is 0.0981. The van der Waals surface area contributed by atoms with Crippen molar-refractivity contribution >= 4 is 38.6 Å². The SMILES string of the molecule is Cc1nc(-c2csc(S(=O)(=O)NC[C@@H](C)c3ccccc3)c2)sc1C(=O)N1CCCCC1. The lowest BCUT2D eigenvalue weighted by molar-refractivity contribution is 0.0728. The molecule has 0 unspecified atom stereocenters. The fourth-order valence-electron chi connectivity index (χ4n) is 3.73. The Labute approximate surface area is 197 Å². The molecule has 1 atom stereocenters. The number of sulfonamides is 1. The van der Waals surface area contributed by atoms with Crippen molar-refractivity contribution in [2.45, 2.75) is 43.2 Å². The van der Waals surface area contributed by atoms with Gasteiger partial charge in [-0.1, -0.05) is 37.3 Å². The number of carbonyl (C=O) groups excluding carboxylic acids is 1. The summed E-state index contributed by atoms with van der Waals surface area (Å²) in [5.41, 5.74) is 2.52. The van der Waals surface area contributed by atoms with Crippen molar-refractivity contribution in [1.29, 1.82) is 0 Å². The summed E-state index contributed by atoms with van der Waals surface area (Å²) < 4.78 is 28.6. The maximum Gasteiger partial charge on any atom is 0.265 e. The van der Waals surface area contributed by atoms with Gasteiger partial charge >= 0.3 is 0 Å². The second-order valence-electron chi connectivity index (χ2n) is 8.10. The van der Waals surface area contributed by atoms with Crippen molar-refractivity contribution in [1.82, 2.24) is 14.6 Å². The number of aryl methyl sites for hydroxylation is 1. The quantitative estimate of drug-likeness (QED) is 0.513. The van der Waals surface area contributed by atoms with E-state index in [2.05, 4.69) is 9.71 Å². The molecule has 0 saturated carbocycles. The van der Waals surface area contributed by atoms with Gasteiger partial charge in [0.05, 0.1) is 5.69 Å². The zero-order chi connectivity index (χ0) is 22.7. The highest BCUT2D eigenvalue weighted by atomic mass is 32.2. The number of nitrogens with zero attached hydrogens (tertiary/aromatic N) is 2. The fourth-order valence-corrected chi connectivity index (χ4v) is 7.17. The summed E-state index contributed by atoms with van der Waals surface area (Å²) in [6, 6.07) is 11.5. The Morgan fingerprint density at radius 1 is 1.19 bits per heavy atom. The number of hydrogen-bond donors (Lipinski definition) is 1. The molecule has 32 heavy (non-hydrogen) atoms. The lowest BCUT2D eigenvalue weighted by atomic mass is 10.0. The molecule has 2 aromatic heterocycles. The van der Waals surface area contributed by atoms with E-state index in [1.807, 2.05) is 49.1 Å². The standard InChI is InChI=1S/C23H27N3O3S3/c1-16(18-9-5-3-6-10-18)14-24-32(28,29)20-13-19(15-30-20)22-25-17(2)21(31-22)23(27)26-11-7-4-8-12-26/h3,5-6,9-10,13,15-16,24H,4,7-8,11-12,14H2,1-2H3/t16-/m1/s1. The number of benzene rings is 1. The molecule has 1 aliphatic heterocycles. The minimum atomic E-state index is -3.62. The van der Waals surface area contributed by atoms with Gasteiger partial charge in [0.1, 0.15) is 14.1 Å². The molecule has 0 aliphatic carbocycles. The van der Waals surface area contributed by atoms with Crippen LogP contribution in [0.3, 0.4) is 0 Å². The molecule has 0 radical (unpaired) electrons. The third-order valence-corrected chi connectivity index (χ3v) is 9.73. The molecule has 0 bridgehead atoms. The summed E-state index contributed by atoms with van der Waals surface area (Å²) in [5, 5.41) is 2.47. The average Bonchev–Trinajstić information content (AvgIpc) is 3.46. The van der Waals surface area contributed by atoms with Gasteiger partial charge in [-0.2, -0.15) is 0 Å². The molecule has 1 aromatic carbocycles. The highest BCUT2D eigenvalue weighted by molar-refractivity contribution is 7.91. The van der Waals surface area contributed by atoms with E-state index in [1.165, 1.54) is 29.1 Å². The van der Waals surface area contributed by atoms with Gasteiger partial charge in [0, 0.05) is 30.6 Å². The molecule has 1 fully saturated rings. The number of aromatic nitrogens is 1. The number of amides is 1. The lowest BCUT2D eigenvalue weighted by Crippen LogP contribution is -2.35. The minimum Gasteiger partial charge on any atom is -0.338 e. The number of rotatable bonds is 7. The van der Waals surface area contributed by atoms with Crippen molar-refractivity contribution in [3.8, 4) is 10.6 Å². The minimum absolute atomic E-state index is 0.0330. The van der Waals surface area contributed by atoms with E-state index in [-0.39, 0.29) is 16.0 Å². The fraction of sp³-hybridized carbons (Fsp3) is 0.391. The number of hydrogen-bond acceptors (Lipinski definition) is 6. The molecule has 170 valence electrons. The van der Waals surface area contributed by atoms with Gasteiger partial charge in [-0.05, 0) is 43.7 Å². The van der Waals surface area contributed by atoms with Crippen LogP contribution in [0, 0.1) is 6.92 Å². The zero-order valence-corrected chi connectivity index (χ0v) is 20.7. The smallest absolute Gasteiger partial charge is 0.265 e. The number of likely N-dealkylation sites (tertiary alicyclic amines) is 1. The maximum atomic E-state index is 12.9. The molecule has 1 N–H and O–H groups in total. The first kappa shape index (κ1) is 23.1. The first-order valence-electron chi connectivity index (χ1n) is 10.8. The summed E-state index contributed by atoms with van der Waals surface area (Å²) in [6.07, 6.45) is 3.25. The molecular weight excluding hydrogens is 462 g/mol. The van der Waals surface area contributed by atoms with Crippen molar-refractivity contribution in [3.63, 3.8) is 0 Å². The second kappa shape index (κ2) is 9.82. The molecule has 1 aliphatic rings. The molecular formula is C23H27N3O3S3. The van der Waals surface area contributed by atoms with E-state index in [9.17, 15) is 13.2 Å². The van der Waals surface area contributed by atoms with Crippen molar-refractivity contribution in [2.24, 2.45) is 0 Å². The second-order valence-corrected chi connectivity index (χ2v) is 12.0. The first-order valence-corrected chi connectivity index (χ1v) is 13.9. The van der Waals surface area contributed by atoms with Crippen LogP contribution in [-0.2, 0) is 10.0 Å². The average molecular weight is 490 g/mol. The number of nitrogens with one attached hydrogen (secondary N) is 1. The van der Waals surface area contributed by atoms with Crippen LogP contribution < -0.4 is 4.72 Å². The van der Waals surface area contributed by atoms with Crippen LogP contribution in [0.4, 0.5) is 0 Å². The van der Waals surface area contributed by atoms with E-state index < -0.39 is 10.0 Å². The van der Waals surface area contributed by atoms with Gasteiger partial charge in [0.2, 0.25) is 10.0 Å². The third kappa shape index (κ3) is 5.11. The molecule has 0 spiro atoms. The monoisotopic (exact) mass is 489 g/mol. The third-order valence-electron chi connectivity index (χ3n) is 5.67. The van der Waals surface area contributed by atoms with Gasteiger partial charge in [0.15, 0.2) is 0 Å². The Kier molecular flexibility index (Phi) is 7.09. The number of piperidine rings is 1. The van der Waals surface area contributed by atoms with Gasteiger partial charge in [-0.15, -0.1) is 22.7 Å². The number of thiazole rings is 1. The Hall–Kier alpha value is -2.07. The van der Waals surface area contributed by atoms with Crippen LogP contribution in [-0.4, -0.2) is 43.8 Å². The van der Waals surface area contributed by atoms with Crippen LogP contribution >= 0.6 is 22.7 Å². The topological polar surface area (TPSA) is 79.4 Å². The summed E-state index contributed by atoms with van der Waals surface area (Å²) in [6.45, 7) is 5.74. The lowest BCUT2D eigenvalue weighted by Gasteiger charge is -2.26. The molecule has 1 amide bonds. The van der Waals surface area contributed by atoms with E-state index in [1.54, 1.807) is 11.4 Å². The van der Waals surface area contributed by atoms with Gasteiger partial charge in [-0.25, -0.2) is 18.1 Å². The number of carbonyl (C=O) groups is 1. The molecule has 9 heteroatoms. The maximum absolute atomic E-state index is 12.9. The van der Waals surface area contributed by atoms with Crippen LogP contribution in [0.1, 0.15) is 53.0 Å². The summed E-state index contributed by atoms with van der Waals surface area (Å²) in [7, 11) is -3.62. The molecule has 1 saturated heterocycles. The van der Waals surface area contributed by atoms with Crippen molar-refractivity contribution in [3.05, 3.63) is 57.9 Å². The van der Waals surface area contributed by atoms with Crippen molar-refractivity contribution in [2.75, 3.05) is 19.6 Å². The van der Waals surface area contributed by atoms with Crippen LogP contribution in [0.15, 0.2) is 46.0 Å². The predicted molar refractivity (Wildman–Crippen MR) is 130 cm³/mol. The Morgan fingerprint density at radius 3 is 2.62 bits per heavy atom. The highest BCUT2D eigenvalue weighted by Crippen LogP contribution is 2.34. The Bertz CT molecular complexity index is 1180. The first-order chi connectivity index (χ1) is 15.3. The van der Waals surface area contributed by atoms with Crippen LogP contribution in [0.5, 0.6) is 0 Å². The van der Waals surface area contributed by atoms with Gasteiger partial charge in [0.25, 0.3) is 5.91 Å². The highest BCUT2D eigenvalue weighted by Gasteiger charge is 2.25. The Balaban J connectivity index is 1.46. The van der Waals surface area contributed by atoms with Crippen LogP contribution in [0.25, 0.3) is 10.6 Å². The van der Waals surface area contributed by atoms with E-state index >= 15 is 0 Å². The van der Waals surface area contributed by atoms with Gasteiger partial charge < -0.3 is 4.90 Å². The van der Waals surface area contributed by atoms with E-state index in [0.717, 1.165) is 37.1 Å². The normalized spacial score (nSPS) is 15.6. The molecule has 4 rings (SSSR count). The predicted octanol–water partition coefficient (Wildman–Crippen LogP) is 4.89. The molecule has 6 nitrogen and oxygen atoms in total. The van der Waals surface area contributed by atoms with E-state index in [0.29, 0.717) is 22.1 Å². The summed E-state index contributed by atoms with van der Waals surface area (Å²) in [4.78, 5) is 20.0. The van der Waals surface area contributed by atoms with Crippen LogP contribution in [0.2, 0.25) is 0 Å². The Morgan fingerprint density at radius 2 is 1.91 bits per heavy atom. The van der Waals surface area contributed by atoms with E-state index in [4.69, 9.17) is 0 Å². The zero-order valence-electron chi connectivity index (χ0n) is 18.2. The van der Waals surface area contributed by atoms with Crippen molar-refractivity contribution < 1.29 is 13.2 Å².